The van der Waals surface area contributed by atoms with Gasteiger partial charge >= 0.3 is 0 Å². The fraction of sp³-hybridized carbons (Fsp3) is 0.375. The molecule has 1 fully saturated rings. The highest BCUT2D eigenvalue weighted by atomic mass is 35.5. The van der Waals surface area contributed by atoms with Crippen LogP contribution in [0.4, 0.5) is 5.69 Å². The third-order valence-corrected chi connectivity index (χ3v) is 10.1. The second-order valence-electron chi connectivity index (χ2n) is 10.7. The Balaban J connectivity index is 1.68. The fourth-order valence-corrected chi connectivity index (χ4v) is 6.79. The summed E-state index contributed by atoms with van der Waals surface area (Å²) >= 11 is 12.4. The molecular weight excluding hydrogens is 609 g/mol. The zero-order valence-corrected chi connectivity index (χ0v) is 26.9. The van der Waals surface area contributed by atoms with E-state index in [4.69, 9.17) is 27.9 Å². The van der Waals surface area contributed by atoms with E-state index in [2.05, 4.69) is 5.32 Å². The third-order valence-electron chi connectivity index (χ3n) is 7.53. The maximum Gasteiger partial charge on any atom is 0.264 e. The molecule has 0 aromatic heterocycles. The number of sulfonamides is 1. The summed E-state index contributed by atoms with van der Waals surface area (Å²) in [5, 5.41) is 3.74. The van der Waals surface area contributed by atoms with Crippen LogP contribution in [0.2, 0.25) is 10.0 Å². The number of rotatable bonds is 12. The molecule has 1 atom stereocenters. The van der Waals surface area contributed by atoms with Crippen LogP contribution in [0.1, 0.15) is 50.7 Å². The van der Waals surface area contributed by atoms with Crippen LogP contribution in [0, 0.1) is 6.92 Å². The van der Waals surface area contributed by atoms with Gasteiger partial charge in [-0.25, -0.2) is 8.42 Å². The van der Waals surface area contributed by atoms with Crippen molar-refractivity contribution in [3.63, 3.8) is 0 Å². The number of aryl methyl sites for hydroxylation is 1. The summed E-state index contributed by atoms with van der Waals surface area (Å²) in [6, 6.07) is 17.1. The van der Waals surface area contributed by atoms with Gasteiger partial charge in [0, 0.05) is 12.6 Å². The molecule has 3 aromatic carbocycles. The predicted octanol–water partition coefficient (Wildman–Crippen LogP) is 6.37. The fourth-order valence-electron chi connectivity index (χ4n) is 5.05. The Bertz CT molecular complexity index is 1530. The molecule has 4 rings (SSSR count). The SMILES string of the molecule is CCOc1ccc(S(=O)(=O)N(CC(=O)N(Cc2ccc(Cl)c(Cl)c2)[C@H](C)C(=O)NC2CCCC2)c2ccc(C)cc2)cc1. The van der Waals surface area contributed by atoms with Gasteiger partial charge in [0.15, 0.2) is 0 Å². The normalized spacial score (nSPS) is 14.3. The van der Waals surface area contributed by atoms with Gasteiger partial charge in [0.2, 0.25) is 11.8 Å². The zero-order chi connectivity index (χ0) is 31.1. The van der Waals surface area contributed by atoms with Crippen molar-refractivity contribution in [1.29, 1.82) is 0 Å². The van der Waals surface area contributed by atoms with Crippen LogP contribution in [-0.4, -0.2) is 50.4 Å². The van der Waals surface area contributed by atoms with E-state index in [1.54, 1.807) is 61.5 Å². The molecular formula is C32H37Cl2N3O5S. The van der Waals surface area contributed by atoms with Crippen molar-refractivity contribution in [2.45, 2.75) is 70.0 Å². The molecule has 0 heterocycles. The highest BCUT2D eigenvalue weighted by molar-refractivity contribution is 7.92. The van der Waals surface area contributed by atoms with Gasteiger partial charge in [0.25, 0.3) is 10.0 Å². The van der Waals surface area contributed by atoms with E-state index in [1.807, 2.05) is 13.8 Å². The number of amides is 2. The van der Waals surface area contributed by atoms with Crippen LogP contribution < -0.4 is 14.4 Å². The second-order valence-corrected chi connectivity index (χ2v) is 13.4. The molecule has 0 bridgehead atoms. The van der Waals surface area contributed by atoms with Crippen molar-refractivity contribution >= 4 is 50.7 Å². The highest BCUT2D eigenvalue weighted by Crippen LogP contribution is 2.28. The lowest BCUT2D eigenvalue weighted by atomic mass is 10.1. The second kappa shape index (κ2) is 14.5. The number of carbonyl (C=O) groups is 2. The topological polar surface area (TPSA) is 96.0 Å². The van der Waals surface area contributed by atoms with Gasteiger partial charge in [-0.15, -0.1) is 0 Å². The molecule has 43 heavy (non-hydrogen) atoms. The van der Waals surface area contributed by atoms with Gasteiger partial charge in [-0.2, -0.15) is 0 Å². The summed E-state index contributed by atoms with van der Waals surface area (Å²) in [7, 11) is -4.19. The van der Waals surface area contributed by atoms with Gasteiger partial charge in [0.1, 0.15) is 18.3 Å². The summed E-state index contributed by atoms with van der Waals surface area (Å²) in [6.45, 7) is 5.33. The van der Waals surface area contributed by atoms with Crippen molar-refractivity contribution in [1.82, 2.24) is 10.2 Å². The van der Waals surface area contributed by atoms with Crippen molar-refractivity contribution < 1.29 is 22.7 Å². The Morgan fingerprint density at radius 3 is 2.23 bits per heavy atom. The maximum atomic E-state index is 14.1. The third kappa shape index (κ3) is 8.22. The average Bonchev–Trinajstić information content (AvgIpc) is 3.50. The van der Waals surface area contributed by atoms with Crippen LogP contribution in [0.25, 0.3) is 0 Å². The first kappa shape index (κ1) is 32.6. The minimum Gasteiger partial charge on any atom is -0.494 e. The van der Waals surface area contributed by atoms with Gasteiger partial charge in [0.05, 0.1) is 27.2 Å². The Kier molecular flexibility index (Phi) is 11.0. The first-order chi connectivity index (χ1) is 20.5. The van der Waals surface area contributed by atoms with E-state index in [9.17, 15) is 18.0 Å². The van der Waals surface area contributed by atoms with E-state index in [-0.39, 0.29) is 23.4 Å². The molecule has 8 nitrogen and oxygen atoms in total. The number of carbonyl (C=O) groups excluding carboxylic acids is 2. The van der Waals surface area contributed by atoms with Crippen molar-refractivity contribution in [2.75, 3.05) is 17.5 Å². The zero-order valence-electron chi connectivity index (χ0n) is 24.6. The van der Waals surface area contributed by atoms with E-state index in [0.29, 0.717) is 33.7 Å². The smallest absolute Gasteiger partial charge is 0.264 e. The van der Waals surface area contributed by atoms with E-state index < -0.39 is 28.5 Å². The monoisotopic (exact) mass is 645 g/mol. The molecule has 0 saturated heterocycles. The van der Waals surface area contributed by atoms with Crippen molar-refractivity contribution in [3.05, 3.63) is 87.9 Å². The van der Waals surface area contributed by atoms with Gasteiger partial charge in [-0.3, -0.25) is 13.9 Å². The van der Waals surface area contributed by atoms with Gasteiger partial charge < -0.3 is 15.0 Å². The quantitative estimate of drug-likeness (QED) is 0.247. The van der Waals surface area contributed by atoms with Crippen LogP contribution >= 0.6 is 23.2 Å². The number of hydrogen-bond donors (Lipinski definition) is 1. The lowest BCUT2D eigenvalue weighted by Crippen LogP contribution is -2.52. The van der Waals surface area contributed by atoms with Crippen LogP contribution in [0.15, 0.2) is 71.6 Å². The molecule has 0 spiro atoms. The van der Waals surface area contributed by atoms with Crippen LogP contribution in [-0.2, 0) is 26.2 Å². The first-order valence-corrected chi connectivity index (χ1v) is 16.5. The number of halogens is 2. The minimum absolute atomic E-state index is 0.00684. The number of ether oxygens (including phenoxy) is 1. The van der Waals surface area contributed by atoms with E-state index in [1.165, 1.54) is 17.0 Å². The molecule has 1 saturated carbocycles. The summed E-state index contributed by atoms with van der Waals surface area (Å²) in [5.74, 6) is -0.305. The molecule has 2 amide bonds. The molecule has 0 aliphatic heterocycles. The highest BCUT2D eigenvalue weighted by Gasteiger charge is 2.33. The maximum absolute atomic E-state index is 14.1. The average molecular weight is 647 g/mol. The van der Waals surface area contributed by atoms with Gasteiger partial charge in [-0.05, 0) is 87.7 Å². The van der Waals surface area contributed by atoms with Crippen molar-refractivity contribution in [3.8, 4) is 5.75 Å². The lowest BCUT2D eigenvalue weighted by Gasteiger charge is -2.32. The summed E-state index contributed by atoms with van der Waals surface area (Å²) < 4.78 is 34.6. The Morgan fingerprint density at radius 1 is 0.977 bits per heavy atom. The van der Waals surface area contributed by atoms with E-state index >= 15 is 0 Å². The largest absolute Gasteiger partial charge is 0.494 e. The molecule has 0 radical (unpaired) electrons. The number of hydrogen-bond acceptors (Lipinski definition) is 5. The molecule has 11 heteroatoms. The van der Waals surface area contributed by atoms with Crippen LogP contribution in [0.3, 0.4) is 0 Å². The molecule has 230 valence electrons. The predicted molar refractivity (Wildman–Crippen MR) is 170 cm³/mol. The summed E-state index contributed by atoms with van der Waals surface area (Å²) in [5.41, 5.74) is 1.91. The van der Waals surface area contributed by atoms with E-state index in [0.717, 1.165) is 35.6 Å². The molecule has 3 aromatic rings. The van der Waals surface area contributed by atoms with Crippen LogP contribution in [0.5, 0.6) is 5.75 Å². The Hall–Kier alpha value is -3.27. The van der Waals surface area contributed by atoms with Gasteiger partial charge in [-0.1, -0.05) is 59.8 Å². The number of anilines is 1. The Morgan fingerprint density at radius 2 is 1.63 bits per heavy atom. The minimum atomic E-state index is -4.19. The molecule has 0 unspecified atom stereocenters. The Labute approximate surface area is 264 Å². The number of benzene rings is 3. The molecule has 1 aliphatic carbocycles. The lowest BCUT2D eigenvalue weighted by molar-refractivity contribution is -0.139. The standard InChI is InChI=1S/C32H37Cl2N3O5S/c1-4-42-27-14-16-28(17-15-27)43(40,41)37(26-12-9-22(2)10-13-26)21-31(38)36(20-24-11-18-29(33)30(34)19-24)23(3)32(39)35-25-7-5-6-8-25/h9-19,23,25H,4-8,20-21H2,1-3H3,(H,35,39)/t23-/m1/s1. The number of nitrogens with zero attached hydrogens (tertiary/aromatic N) is 2. The first-order valence-electron chi connectivity index (χ1n) is 14.4. The molecule has 1 aliphatic rings. The summed E-state index contributed by atoms with van der Waals surface area (Å²) in [6.07, 6.45) is 3.86. The van der Waals surface area contributed by atoms with Crippen molar-refractivity contribution in [2.24, 2.45) is 0 Å². The number of nitrogens with one attached hydrogen (secondary N) is 1. The summed E-state index contributed by atoms with van der Waals surface area (Å²) in [4.78, 5) is 28.9. The molecule has 1 N–H and O–H groups in total.